The molecule has 0 radical (unpaired) electrons. The number of hydrogen-bond acceptors (Lipinski definition) is 4. The van der Waals surface area contributed by atoms with Crippen LogP contribution < -0.4 is 4.74 Å². The van der Waals surface area contributed by atoms with Crippen molar-refractivity contribution in [2.45, 2.75) is 162 Å². The molecule has 4 nitrogen and oxygen atoms in total. The van der Waals surface area contributed by atoms with E-state index in [2.05, 4.69) is 32.1 Å². The molecule has 1 rings (SSSR count). The molecule has 0 heterocycles. The van der Waals surface area contributed by atoms with Crippen LogP contribution in [-0.2, 0) is 20.9 Å². The standard InChI is InChI=1S/C38H66O4/c1-4-6-8-10-13-16-20-24-35(31-33-41-34-36-27-29-37(40-3)30-28-36)25-21-17-14-12-15-18-22-26-38(39)42-32-23-19-11-9-7-5-2/h19,23,27-30,35H,4-18,20-22,24-26,31-34H2,1-3H3. The maximum Gasteiger partial charge on any atom is 0.306 e. The Hall–Kier alpha value is -1.81. The van der Waals surface area contributed by atoms with Crippen molar-refractivity contribution in [2.75, 3.05) is 20.3 Å². The fraction of sp³-hybridized carbons (Fsp3) is 0.763. The minimum Gasteiger partial charge on any atom is -0.497 e. The van der Waals surface area contributed by atoms with Gasteiger partial charge in [0.1, 0.15) is 12.4 Å². The van der Waals surface area contributed by atoms with Gasteiger partial charge in [0.25, 0.3) is 0 Å². The van der Waals surface area contributed by atoms with Gasteiger partial charge in [-0.25, -0.2) is 0 Å². The van der Waals surface area contributed by atoms with E-state index in [9.17, 15) is 4.79 Å². The number of allylic oxidation sites excluding steroid dienone is 1. The van der Waals surface area contributed by atoms with Gasteiger partial charge in [0.15, 0.2) is 0 Å². The Balaban J connectivity index is 2.13. The summed E-state index contributed by atoms with van der Waals surface area (Å²) in [6, 6.07) is 8.20. The van der Waals surface area contributed by atoms with Crippen LogP contribution in [-0.4, -0.2) is 26.3 Å². The van der Waals surface area contributed by atoms with Gasteiger partial charge in [0.2, 0.25) is 0 Å². The quantitative estimate of drug-likeness (QED) is 0.0511. The molecule has 0 saturated carbocycles. The predicted molar refractivity (Wildman–Crippen MR) is 179 cm³/mol. The number of esters is 1. The number of carbonyl (C=O) groups excluding carboxylic acids is 1. The number of methoxy groups -OCH3 is 1. The molecule has 0 amide bonds. The van der Waals surface area contributed by atoms with Gasteiger partial charge in [0.05, 0.1) is 13.7 Å². The summed E-state index contributed by atoms with van der Waals surface area (Å²) in [7, 11) is 1.70. The minimum absolute atomic E-state index is 0.0480. The predicted octanol–water partition coefficient (Wildman–Crippen LogP) is 11.5. The van der Waals surface area contributed by atoms with Crippen molar-refractivity contribution < 1.29 is 19.0 Å². The van der Waals surface area contributed by atoms with Crippen molar-refractivity contribution in [1.29, 1.82) is 0 Å². The fourth-order valence-electron chi connectivity index (χ4n) is 5.48. The molecule has 242 valence electrons. The van der Waals surface area contributed by atoms with Crippen molar-refractivity contribution in [3.63, 3.8) is 0 Å². The lowest BCUT2D eigenvalue weighted by molar-refractivity contribution is -0.142. The molecule has 0 aliphatic carbocycles. The van der Waals surface area contributed by atoms with E-state index < -0.39 is 0 Å². The van der Waals surface area contributed by atoms with Crippen LogP contribution in [0, 0.1) is 5.92 Å². The van der Waals surface area contributed by atoms with Crippen LogP contribution >= 0.6 is 0 Å². The SMILES string of the molecule is CCCCCC=CCOC(=O)CCCCCCCCCC(CCCCCCCCC)CCOCc1ccc(OC)cc1. The lowest BCUT2D eigenvalue weighted by Gasteiger charge is -2.17. The molecule has 0 aliphatic rings. The highest BCUT2D eigenvalue weighted by atomic mass is 16.5. The van der Waals surface area contributed by atoms with Crippen LogP contribution in [0.2, 0.25) is 0 Å². The summed E-state index contributed by atoms with van der Waals surface area (Å²) in [5.74, 6) is 1.63. The first-order valence-corrected chi connectivity index (χ1v) is 17.7. The summed E-state index contributed by atoms with van der Waals surface area (Å²) in [6.45, 7) is 6.47. The molecule has 0 saturated heterocycles. The van der Waals surface area contributed by atoms with Crippen LogP contribution in [0.5, 0.6) is 5.75 Å². The van der Waals surface area contributed by atoms with E-state index in [0.717, 1.165) is 37.5 Å². The Kier molecular flexibility index (Phi) is 26.6. The monoisotopic (exact) mass is 586 g/mol. The Labute approximate surface area is 260 Å². The van der Waals surface area contributed by atoms with Crippen molar-refractivity contribution >= 4 is 5.97 Å². The van der Waals surface area contributed by atoms with Crippen molar-refractivity contribution in [3.05, 3.63) is 42.0 Å². The van der Waals surface area contributed by atoms with E-state index in [4.69, 9.17) is 14.2 Å². The molecule has 1 aromatic carbocycles. The normalized spacial score (nSPS) is 12.2. The first kappa shape index (κ1) is 38.2. The van der Waals surface area contributed by atoms with Gasteiger partial charge in [-0.05, 0) is 49.3 Å². The lowest BCUT2D eigenvalue weighted by atomic mass is 9.91. The molecule has 0 bridgehead atoms. The van der Waals surface area contributed by atoms with Gasteiger partial charge in [-0.3, -0.25) is 4.79 Å². The zero-order chi connectivity index (χ0) is 30.4. The van der Waals surface area contributed by atoms with Gasteiger partial charge >= 0.3 is 5.97 Å². The van der Waals surface area contributed by atoms with Gasteiger partial charge in [0, 0.05) is 13.0 Å². The molecule has 0 N–H and O–H groups in total. The van der Waals surface area contributed by atoms with Gasteiger partial charge in [-0.1, -0.05) is 147 Å². The van der Waals surface area contributed by atoms with Gasteiger partial charge in [-0.15, -0.1) is 0 Å². The summed E-state index contributed by atoms with van der Waals surface area (Å²) in [5.41, 5.74) is 1.21. The smallest absolute Gasteiger partial charge is 0.306 e. The van der Waals surface area contributed by atoms with Crippen LogP contribution in [0.4, 0.5) is 0 Å². The Morgan fingerprint density at radius 3 is 1.88 bits per heavy atom. The summed E-state index contributed by atoms with van der Waals surface area (Å²) < 4.78 is 16.6. The molecule has 4 heteroatoms. The summed E-state index contributed by atoms with van der Waals surface area (Å²) in [4.78, 5) is 11.9. The molecular weight excluding hydrogens is 520 g/mol. The third-order valence-electron chi connectivity index (χ3n) is 8.29. The third kappa shape index (κ3) is 23.7. The molecular formula is C38H66O4. The number of hydrogen-bond donors (Lipinski definition) is 0. The van der Waals surface area contributed by atoms with E-state index in [-0.39, 0.29) is 5.97 Å². The average Bonchev–Trinajstić information content (AvgIpc) is 3.01. The van der Waals surface area contributed by atoms with Crippen molar-refractivity contribution in [1.82, 2.24) is 0 Å². The molecule has 0 spiro atoms. The number of rotatable bonds is 30. The molecule has 1 unspecified atom stereocenters. The first-order valence-electron chi connectivity index (χ1n) is 17.7. The third-order valence-corrected chi connectivity index (χ3v) is 8.29. The average molecular weight is 587 g/mol. The van der Waals surface area contributed by atoms with E-state index >= 15 is 0 Å². The van der Waals surface area contributed by atoms with Gasteiger partial charge in [-0.2, -0.15) is 0 Å². The minimum atomic E-state index is -0.0480. The first-order chi connectivity index (χ1) is 20.7. The Morgan fingerprint density at radius 1 is 0.690 bits per heavy atom. The highest BCUT2D eigenvalue weighted by Gasteiger charge is 2.09. The number of carbonyl (C=O) groups is 1. The number of ether oxygens (including phenoxy) is 3. The van der Waals surface area contributed by atoms with Crippen molar-refractivity contribution in [3.8, 4) is 5.75 Å². The van der Waals surface area contributed by atoms with Crippen LogP contribution in [0.15, 0.2) is 36.4 Å². The second-order valence-corrected chi connectivity index (χ2v) is 12.1. The molecule has 1 atom stereocenters. The Morgan fingerprint density at radius 2 is 1.26 bits per heavy atom. The van der Waals surface area contributed by atoms with E-state index in [1.807, 2.05) is 18.2 Å². The Bertz CT molecular complexity index is 742. The summed E-state index contributed by atoms with van der Waals surface area (Å²) in [6.07, 6.45) is 31.6. The molecule has 0 fully saturated rings. The number of benzene rings is 1. The summed E-state index contributed by atoms with van der Waals surface area (Å²) in [5, 5.41) is 0. The van der Waals surface area contributed by atoms with Crippen LogP contribution in [0.3, 0.4) is 0 Å². The maximum absolute atomic E-state index is 11.9. The summed E-state index contributed by atoms with van der Waals surface area (Å²) >= 11 is 0. The molecule has 0 aromatic heterocycles. The molecule has 1 aromatic rings. The van der Waals surface area contributed by atoms with Crippen molar-refractivity contribution in [2.24, 2.45) is 5.92 Å². The lowest BCUT2D eigenvalue weighted by Crippen LogP contribution is -2.06. The van der Waals surface area contributed by atoms with Crippen LogP contribution in [0.1, 0.15) is 161 Å². The fourth-order valence-corrected chi connectivity index (χ4v) is 5.48. The van der Waals surface area contributed by atoms with E-state index in [1.54, 1.807) is 7.11 Å². The highest BCUT2D eigenvalue weighted by Crippen LogP contribution is 2.23. The van der Waals surface area contributed by atoms with Crippen LogP contribution in [0.25, 0.3) is 0 Å². The molecule has 42 heavy (non-hydrogen) atoms. The highest BCUT2D eigenvalue weighted by molar-refractivity contribution is 5.69. The second-order valence-electron chi connectivity index (χ2n) is 12.1. The zero-order valence-electron chi connectivity index (χ0n) is 27.9. The van der Waals surface area contributed by atoms with E-state index in [1.165, 1.54) is 121 Å². The topological polar surface area (TPSA) is 44.8 Å². The maximum atomic E-state index is 11.9. The van der Waals surface area contributed by atoms with E-state index in [0.29, 0.717) is 19.6 Å². The van der Waals surface area contributed by atoms with Gasteiger partial charge < -0.3 is 14.2 Å². The molecule has 0 aliphatic heterocycles. The second kappa shape index (κ2) is 29.3. The number of unbranched alkanes of at least 4 members (excludes halogenated alkanes) is 15. The zero-order valence-corrected chi connectivity index (χ0v) is 27.9. The largest absolute Gasteiger partial charge is 0.497 e.